The summed E-state index contributed by atoms with van der Waals surface area (Å²) in [6.45, 7) is 2.40. The SMILES string of the molecule is CC1(c2ccccc2)c2ccccc2-c2ccc(N(c3ccccc3)c3ccccc3-c3cccc4cccc(C5CCCCC5)c34)cc21. The molecule has 0 saturated heterocycles. The molecule has 0 heterocycles. The molecule has 0 aliphatic heterocycles. The fourth-order valence-corrected chi connectivity index (χ4v) is 8.95. The molecule has 7 aromatic rings. The molecule has 1 saturated carbocycles. The number of anilines is 3. The largest absolute Gasteiger partial charge is 0.310 e. The third-order valence-electron chi connectivity index (χ3n) is 11.3. The Hall–Kier alpha value is -5.40. The van der Waals surface area contributed by atoms with E-state index in [1.54, 1.807) is 0 Å². The van der Waals surface area contributed by atoms with E-state index in [2.05, 4.69) is 176 Å². The molecule has 1 atom stereocenters. The molecular weight excluding hydrogens is 591 g/mol. The Morgan fingerprint density at radius 1 is 0.490 bits per heavy atom. The number of hydrogen-bond acceptors (Lipinski definition) is 1. The van der Waals surface area contributed by atoms with Gasteiger partial charge >= 0.3 is 0 Å². The van der Waals surface area contributed by atoms with Gasteiger partial charge in [-0.2, -0.15) is 0 Å². The van der Waals surface area contributed by atoms with Gasteiger partial charge in [0.15, 0.2) is 0 Å². The molecule has 9 rings (SSSR count). The maximum atomic E-state index is 2.48. The summed E-state index contributed by atoms with van der Waals surface area (Å²) in [4.78, 5) is 2.48. The Labute approximate surface area is 290 Å². The van der Waals surface area contributed by atoms with Crippen molar-refractivity contribution in [3.63, 3.8) is 0 Å². The minimum atomic E-state index is -0.268. The van der Waals surface area contributed by atoms with Crippen LogP contribution < -0.4 is 4.90 Å². The Morgan fingerprint density at radius 3 is 1.92 bits per heavy atom. The number of hydrogen-bond donors (Lipinski definition) is 0. The van der Waals surface area contributed by atoms with Crippen LogP contribution in [-0.2, 0) is 5.41 Å². The van der Waals surface area contributed by atoms with Gasteiger partial charge in [-0.05, 0) is 106 Å². The fourth-order valence-electron chi connectivity index (χ4n) is 8.95. The van der Waals surface area contributed by atoms with Crippen LogP contribution >= 0.6 is 0 Å². The molecule has 0 bridgehead atoms. The van der Waals surface area contributed by atoms with Crippen LogP contribution in [0.15, 0.2) is 164 Å². The van der Waals surface area contributed by atoms with E-state index in [4.69, 9.17) is 0 Å². The lowest BCUT2D eigenvalue weighted by atomic mass is 9.74. The van der Waals surface area contributed by atoms with Crippen molar-refractivity contribution in [1.82, 2.24) is 0 Å². The molecule has 1 nitrogen and oxygen atoms in total. The summed E-state index contributed by atoms with van der Waals surface area (Å²) in [6.07, 6.45) is 6.57. The van der Waals surface area contributed by atoms with Gasteiger partial charge in [0, 0.05) is 22.4 Å². The van der Waals surface area contributed by atoms with Gasteiger partial charge in [-0.25, -0.2) is 0 Å². The summed E-state index contributed by atoms with van der Waals surface area (Å²) in [7, 11) is 0. The molecule has 0 spiro atoms. The molecule has 0 amide bonds. The van der Waals surface area contributed by atoms with E-state index in [1.165, 1.54) is 98.8 Å². The van der Waals surface area contributed by atoms with Crippen molar-refractivity contribution in [2.45, 2.75) is 50.4 Å². The first-order valence-electron chi connectivity index (χ1n) is 18.0. The predicted octanol–water partition coefficient (Wildman–Crippen LogP) is 13.4. The van der Waals surface area contributed by atoms with Gasteiger partial charge in [-0.15, -0.1) is 0 Å². The zero-order valence-electron chi connectivity index (χ0n) is 28.1. The molecule has 0 aromatic heterocycles. The van der Waals surface area contributed by atoms with Gasteiger partial charge in [0.1, 0.15) is 0 Å². The first-order chi connectivity index (χ1) is 24.2. The van der Waals surface area contributed by atoms with Crippen molar-refractivity contribution in [2.24, 2.45) is 0 Å². The second-order valence-electron chi connectivity index (χ2n) is 14.0. The summed E-state index contributed by atoms with van der Waals surface area (Å²) in [5.41, 5.74) is 14.0. The van der Waals surface area contributed by atoms with E-state index in [1.807, 2.05) is 0 Å². The summed E-state index contributed by atoms with van der Waals surface area (Å²) in [5.74, 6) is 0.616. The summed E-state index contributed by atoms with van der Waals surface area (Å²) < 4.78 is 0. The van der Waals surface area contributed by atoms with Gasteiger partial charge in [0.05, 0.1) is 5.69 Å². The van der Waals surface area contributed by atoms with Crippen LogP contribution in [-0.4, -0.2) is 0 Å². The molecule has 1 unspecified atom stereocenters. The highest BCUT2D eigenvalue weighted by Crippen LogP contribution is 2.54. The third kappa shape index (κ3) is 4.91. The maximum Gasteiger partial charge on any atom is 0.0540 e. The normalized spacial score (nSPS) is 17.1. The molecule has 0 N–H and O–H groups in total. The van der Waals surface area contributed by atoms with Gasteiger partial charge in [-0.1, -0.05) is 153 Å². The number of para-hydroxylation sites is 2. The number of fused-ring (bicyclic) bond motifs is 4. The Balaban J connectivity index is 1.27. The Bertz CT molecular complexity index is 2270. The molecule has 1 heteroatoms. The summed E-state index contributed by atoms with van der Waals surface area (Å²) in [5, 5.41) is 2.74. The molecule has 7 aromatic carbocycles. The van der Waals surface area contributed by atoms with E-state index < -0.39 is 0 Å². The van der Waals surface area contributed by atoms with Crippen LogP contribution in [0.5, 0.6) is 0 Å². The first-order valence-corrected chi connectivity index (χ1v) is 18.0. The predicted molar refractivity (Wildman–Crippen MR) is 207 cm³/mol. The van der Waals surface area contributed by atoms with Crippen LogP contribution in [0.2, 0.25) is 0 Å². The van der Waals surface area contributed by atoms with Crippen molar-refractivity contribution < 1.29 is 0 Å². The minimum Gasteiger partial charge on any atom is -0.310 e. The molecular formula is C48H41N. The van der Waals surface area contributed by atoms with Gasteiger partial charge in [0.2, 0.25) is 0 Å². The lowest BCUT2D eigenvalue weighted by molar-refractivity contribution is 0.445. The first kappa shape index (κ1) is 29.7. The third-order valence-corrected chi connectivity index (χ3v) is 11.3. The highest BCUT2D eigenvalue weighted by atomic mass is 15.1. The van der Waals surface area contributed by atoms with E-state index in [0.717, 1.165) is 5.69 Å². The molecule has 0 radical (unpaired) electrons. The zero-order valence-corrected chi connectivity index (χ0v) is 28.1. The topological polar surface area (TPSA) is 3.24 Å². The van der Waals surface area contributed by atoms with Gasteiger partial charge in [0.25, 0.3) is 0 Å². The van der Waals surface area contributed by atoms with Crippen LogP contribution in [0.4, 0.5) is 17.1 Å². The standard InChI is InChI=1S/C48H41N/c1-48(36-21-7-3-8-22-36)44-29-13-11-25-40(44)41-32-31-38(33-45(41)48)49(37-23-9-4-10-24-37)46-30-14-12-26-42(46)43-28-16-20-35-19-15-27-39(47(35)43)34-17-5-2-6-18-34/h3-4,7-16,19-34H,2,5-6,17-18H2,1H3. The highest BCUT2D eigenvalue weighted by molar-refractivity contribution is 6.03. The average molecular weight is 632 g/mol. The summed E-state index contributed by atoms with van der Waals surface area (Å²) >= 11 is 0. The smallest absolute Gasteiger partial charge is 0.0540 e. The van der Waals surface area contributed by atoms with Gasteiger partial charge in [-0.3, -0.25) is 0 Å². The van der Waals surface area contributed by atoms with Crippen LogP contribution in [0.1, 0.15) is 67.2 Å². The number of rotatable bonds is 6. The van der Waals surface area contributed by atoms with Crippen molar-refractivity contribution in [2.75, 3.05) is 4.90 Å². The average Bonchev–Trinajstić information content (AvgIpc) is 3.44. The quantitative estimate of drug-likeness (QED) is 0.176. The Kier molecular flexibility index (Phi) is 7.42. The molecule has 2 aliphatic carbocycles. The molecule has 2 aliphatic rings. The van der Waals surface area contributed by atoms with Crippen molar-refractivity contribution >= 4 is 27.8 Å². The molecule has 238 valence electrons. The molecule has 49 heavy (non-hydrogen) atoms. The van der Waals surface area contributed by atoms with Crippen LogP contribution in [0, 0.1) is 0 Å². The number of benzene rings is 7. The van der Waals surface area contributed by atoms with Crippen molar-refractivity contribution in [1.29, 1.82) is 0 Å². The van der Waals surface area contributed by atoms with Crippen molar-refractivity contribution in [3.05, 3.63) is 186 Å². The zero-order chi connectivity index (χ0) is 32.8. The van der Waals surface area contributed by atoms with Crippen LogP contribution in [0.25, 0.3) is 33.0 Å². The summed E-state index contributed by atoms with van der Waals surface area (Å²) in [6, 6.07) is 60.9. The van der Waals surface area contributed by atoms with Crippen LogP contribution in [0.3, 0.4) is 0 Å². The van der Waals surface area contributed by atoms with E-state index in [-0.39, 0.29) is 5.41 Å². The fraction of sp³-hybridized carbons (Fsp3) is 0.167. The van der Waals surface area contributed by atoms with E-state index in [9.17, 15) is 0 Å². The van der Waals surface area contributed by atoms with E-state index in [0.29, 0.717) is 5.92 Å². The second kappa shape index (κ2) is 12.2. The Morgan fingerprint density at radius 2 is 1.12 bits per heavy atom. The van der Waals surface area contributed by atoms with E-state index >= 15 is 0 Å². The molecule has 1 fully saturated rings. The van der Waals surface area contributed by atoms with Gasteiger partial charge < -0.3 is 4.90 Å². The maximum absolute atomic E-state index is 2.48. The monoisotopic (exact) mass is 631 g/mol. The lowest BCUT2D eigenvalue weighted by Gasteiger charge is -2.32. The number of nitrogens with zero attached hydrogens (tertiary/aromatic N) is 1. The second-order valence-corrected chi connectivity index (χ2v) is 14.0. The highest BCUT2D eigenvalue weighted by Gasteiger charge is 2.41. The lowest BCUT2D eigenvalue weighted by Crippen LogP contribution is -2.22. The minimum absolute atomic E-state index is 0.268. The van der Waals surface area contributed by atoms with Crippen molar-refractivity contribution in [3.8, 4) is 22.3 Å².